The number of ether oxygens (including phenoxy) is 1. The first-order valence-electron chi connectivity index (χ1n) is 13.0. The van der Waals surface area contributed by atoms with E-state index in [1.54, 1.807) is 0 Å². The van der Waals surface area contributed by atoms with Gasteiger partial charge in [0.1, 0.15) is 12.3 Å². The topological polar surface area (TPSA) is 101 Å². The van der Waals surface area contributed by atoms with Gasteiger partial charge in [0.25, 0.3) is 0 Å². The van der Waals surface area contributed by atoms with Gasteiger partial charge in [-0.15, -0.1) is 0 Å². The molecule has 0 aliphatic heterocycles. The Bertz CT molecular complexity index is 1120. The number of rotatable bonds is 14. The Morgan fingerprint density at radius 2 is 1.32 bits per heavy atom. The van der Waals surface area contributed by atoms with E-state index in [0.717, 1.165) is 30.4 Å². The number of aryl methyl sites for hydroxylation is 2. The van der Waals surface area contributed by atoms with Gasteiger partial charge in [0, 0.05) is 6.16 Å². The van der Waals surface area contributed by atoms with Crippen molar-refractivity contribution in [2.75, 3.05) is 12.3 Å². The number of hydrogen-bond donors (Lipinski definition) is 2. The summed E-state index contributed by atoms with van der Waals surface area (Å²) < 4.78 is 28.5. The molecule has 0 aliphatic rings. The molecule has 3 aromatic carbocycles. The molecule has 0 heterocycles. The molecule has 0 spiro atoms. The smallest absolute Gasteiger partial charge is 0.460 e. The summed E-state index contributed by atoms with van der Waals surface area (Å²) in [5.41, 5.74) is 2.29. The van der Waals surface area contributed by atoms with Crippen molar-refractivity contribution in [3.05, 3.63) is 108 Å². The average Bonchev–Trinajstić information content (AvgIpc) is 2.92. The summed E-state index contributed by atoms with van der Waals surface area (Å²) in [6.07, 6.45) is 4.55. The molecule has 2 N–H and O–H groups in total. The van der Waals surface area contributed by atoms with Crippen LogP contribution in [0.2, 0.25) is 0 Å². The predicted molar refractivity (Wildman–Crippen MR) is 154 cm³/mol. The van der Waals surface area contributed by atoms with Crippen LogP contribution in [-0.4, -0.2) is 33.7 Å². The molecule has 0 aliphatic carbocycles. The van der Waals surface area contributed by atoms with Crippen molar-refractivity contribution >= 4 is 21.4 Å². The van der Waals surface area contributed by atoms with Gasteiger partial charge < -0.3 is 9.63 Å². The minimum Gasteiger partial charge on any atom is -0.460 e. The quantitative estimate of drug-likeness (QED) is 0.161. The van der Waals surface area contributed by atoms with E-state index in [-0.39, 0.29) is 12.8 Å². The van der Waals surface area contributed by atoms with E-state index in [2.05, 4.69) is 0 Å². The fourth-order valence-corrected chi connectivity index (χ4v) is 6.37. The van der Waals surface area contributed by atoms with Crippen LogP contribution in [0.1, 0.15) is 49.3 Å². The second kappa shape index (κ2) is 17.8. The fraction of sp³-hybridized carbons (Fsp3) is 0.367. The standard InChI is InChI=1S/C21H27O4P.C9H11O2P/c1-2-10-20(21(22)25-17-19-13-7-4-8-14-19)26(23,24)16-9-15-18-11-5-3-6-12-18;10-12(11)8-4-7-9-5-2-1-3-6-9/h3-8,11-14,20H,2,9-10,15-17H2,1H3,(H,23,24);1-3,5-6H,4,7-8H2/p+1. The first-order chi connectivity index (χ1) is 18.3. The molecule has 6 nitrogen and oxygen atoms in total. The lowest BCUT2D eigenvalue weighted by Crippen LogP contribution is -2.25. The van der Waals surface area contributed by atoms with Gasteiger partial charge in [-0.3, -0.25) is 9.36 Å². The number of benzene rings is 3. The van der Waals surface area contributed by atoms with Crippen molar-refractivity contribution in [3.8, 4) is 0 Å². The third-order valence-corrected chi connectivity index (χ3v) is 9.09. The van der Waals surface area contributed by atoms with Crippen LogP contribution in [0.5, 0.6) is 0 Å². The van der Waals surface area contributed by atoms with E-state index >= 15 is 0 Å². The molecule has 0 fully saturated rings. The molecule has 0 bridgehead atoms. The van der Waals surface area contributed by atoms with E-state index < -0.39 is 27.0 Å². The summed E-state index contributed by atoms with van der Waals surface area (Å²) in [4.78, 5) is 31.5. The lowest BCUT2D eigenvalue weighted by Gasteiger charge is -2.21. The summed E-state index contributed by atoms with van der Waals surface area (Å²) in [6.45, 7) is 2.03. The van der Waals surface area contributed by atoms with E-state index in [0.29, 0.717) is 25.4 Å². The fourth-order valence-electron chi connectivity index (χ4n) is 3.96. The van der Waals surface area contributed by atoms with Crippen molar-refractivity contribution in [1.82, 2.24) is 0 Å². The molecule has 3 atom stereocenters. The van der Waals surface area contributed by atoms with Crippen LogP contribution in [0.15, 0.2) is 91.0 Å². The van der Waals surface area contributed by atoms with Crippen LogP contribution in [0.3, 0.4) is 0 Å². The molecular formula is C30H39O6P2+. The molecule has 0 amide bonds. The Morgan fingerprint density at radius 3 is 1.79 bits per heavy atom. The lowest BCUT2D eigenvalue weighted by molar-refractivity contribution is -0.144. The van der Waals surface area contributed by atoms with Gasteiger partial charge >= 0.3 is 14.0 Å². The van der Waals surface area contributed by atoms with Crippen molar-refractivity contribution in [2.45, 2.75) is 57.7 Å². The molecule has 0 radical (unpaired) electrons. The number of carbonyl (C=O) groups is 1. The highest BCUT2D eigenvalue weighted by atomic mass is 31.2. The van der Waals surface area contributed by atoms with Gasteiger partial charge in [-0.2, -0.15) is 4.89 Å². The van der Waals surface area contributed by atoms with Crippen molar-refractivity contribution in [1.29, 1.82) is 0 Å². The molecule has 0 aromatic heterocycles. The zero-order chi connectivity index (χ0) is 27.6. The summed E-state index contributed by atoms with van der Waals surface area (Å²) >= 11 is 0. The van der Waals surface area contributed by atoms with Crippen molar-refractivity contribution in [3.63, 3.8) is 0 Å². The maximum Gasteiger partial charge on any atom is 0.505 e. The molecule has 3 aromatic rings. The van der Waals surface area contributed by atoms with E-state index in [1.165, 1.54) is 5.56 Å². The lowest BCUT2D eigenvalue weighted by atomic mass is 10.1. The number of hydrogen-bond acceptors (Lipinski definition) is 4. The maximum absolute atomic E-state index is 12.8. The van der Waals surface area contributed by atoms with Crippen molar-refractivity contribution < 1.29 is 28.4 Å². The van der Waals surface area contributed by atoms with Gasteiger partial charge in [-0.05, 0) is 53.4 Å². The third-order valence-electron chi connectivity index (χ3n) is 5.99. The Hall–Kier alpha value is -2.62. The zero-order valence-electron chi connectivity index (χ0n) is 22.0. The van der Waals surface area contributed by atoms with Gasteiger partial charge in [0.15, 0.2) is 6.16 Å². The van der Waals surface area contributed by atoms with Crippen LogP contribution in [0.4, 0.5) is 0 Å². The summed E-state index contributed by atoms with van der Waals surface area (Å²) in [7, 11) is -5.55. The summed E-state index contributed by atoms with van der Waals surface area (Å²) in [6, 6.07) is 29.2. The third kappa shape index (κ3) is 12.8. The van der Waals surface area contributed by atoms with Crippen molar-refractivity contribution in [2.24, 2.45) is 0 Å². The monoisotopic (exact) mass is 557 g/mol. The summed E-state index contributed by atoms with van der Waals surface area (Å²) in [5, 5.41) is 0. The number of carbonyl (C=O) groups excluding carboxylic acids is 1. The Balaban J connectivity index is 0.000000352. The van der Waals surface area contributed by atoms with Gasteiger partial charge in [0.2, 0.25) is 7.37 Å². The minimum atomic E-state index is -3.61. The SMILES string of the molecule is CCCC(C(=O)OCc1ccccc1)P(=O)(O)CCCc1ccccc1.O=[P+](O)CCCc1ccccc1. The molecule has 204 valence electrons. The Morgan fingerprint density at radius 1 is 0.842 bits per heavy atom. The molecule has 0 saturated carbocycles. The van der Waals surface area contributed by atoms with Crippen LogP contribution in [-0.2, 0) is 38.1 Å². The highest BCUT2D eigenvalue weighted by Crippen LogP contribution is 2.49. The summed E-state index contributed by atoms with van der Waals surface area (Å²) in [5.74, 6) is -0.568. The maximum atomic E-state index is 12.8. The van der Waals surface area contributed by atoms with Gasteiger partial charge in [0.05, 0.1) is 0 Å². The molecule has 8 heteroatoms. The second-order valence-electron chi connectivity index (χ2n) is 9.13. The molecule has 3 unspecified atom stereocenters. The first kappa shape index (κ1) is 31.6. The zero-order valence-corrected chi connectivity index (χ0v) is 23.8. The molecular weight excluding hydrogens is 518 g/mol. The highest BCUT2D eigenvalue weighted by Gasteiger charge is 2.37. The highest BCUT2D eigenvalue weighted by molar-refractivity contribution is 7.59. The molecule has 3 rings (SSSR count). The van der Waals surface area contributed by atoms with Crippen LogP contribution in [0, 0.1) is 0 Å². The minimum absolute atomic E-state index is 0.129. The van der Waals surface area contributed by atoms with Crippen LogP contribution in [0.25, 0.3) is 0 Å². The normalized spacial score (nSPS) is 13.4. The average molecular weight is 558 g/mol. The predicted octanol–water partition coefficient (Wildman–Crippen LogP) is 7.16. The Labute approximate surface area is 227 Å². The van der Waals surface area contributed by atoms with Gasteiger partial charge in [-0.1, -0.05) is 104 Å². The molecule has 38 heavy (non-hydrogen) atoms. The Kier molecular flexibility index (Phi) is 14.8. The van der Waals surface area contributed by atoms with E-state index in [9.17, 15) is 18.8 Å². The van der Waals surface area contributed by atoms with E-state index in [4.69, 9.17) is 9.63 Å². The van der Waals surface area contributed by atoms with Crippen LogP contribution < -0.4 is 0 Å². The van der Waals surface area contributed by atoms with E-state index in [1.807, 2.05) is 97.9 Å². The largest absolute Gasteiger partial charge is 0.505 e. The molecule has 0 saturated heterocycles. The van der Waals surface area contributed by atoms with Crippen LogP contribution >= 0.6 is 15.4 Å². The van der Waals surface area contributed by atoms with Gasteiger partial charge in [-0.25, -0.2) is 0 Å². The first-order valence-corrected chi connectivity index (χ1v) is 16.4. The number of esters is 1. The second-order valence-corrected chi connectivity index (χ2v) is 12.9.